The van der Waals surface area contributed by atoms with Gasteiger partial charge in [-0.3, -0.25) is 9.48 Å². The topological polar surface area (TPSA) is 63.9 Å². The average molecular weight is 367 g/mol. The van der Waals surface area contributed by atoms with E-state index in [2.05, 4.69) is 15.1 Å². The first kappa shape index (κ1) is 17.7. The largest absolute Gasteiger partial charge is 0.306 e. The second-order valence-corrected chi connectivity index (χ2v) is 7.33. The molecule has 3 heterocycles. The van der Waals surface area contributed by atoms with E-state index in [0.717, 1.165) is 22.0 Å². The minimum Gasteiger partial charge on any atom is -0.306 e. The van der Waals surface area contributed by atoms with Gasteiger partial charge in [-0.15, -0.1) is 0 Å². The summed E-state index contributed by atoms with van der Waals surface area (Å²) in [4.78, 5) is 23.4. The Hall–Kier alpha value is -2.67. The van der Waals surface area contributed by atoms with Crippen LogP contribution in [0.5, 0.6) is 0 Å². The van der Waals surface area contributed by atoms with Gasteiger partial charge in [0, 0.05) is 56.3 Å². The quantitative estimate of drug-likeness (QED) is 0.709. The van der Waals surface area contributed by atoms with E-state index in [-0.39, 0.29) is 19.3 Å². The third kappa shape index (κ3) is 3.60. The molecule has 140 valence electrons. The minimum atomic E-state index is -1.76. The molecule has 7 heteroatoms. The highest BCUT2D eigenvalue weighted by Gasteiger charge is 2.40. The van der Waals surface area contributed by atoms with Gasteiger partial charge in [0.15, 0.2) is 11.5 Å². The lowest BCUT2D eigenvalue weighted by atomic mass is 9.87. The molecule has 0 radical (unpaired) electrons. The van der Waals surface area contributed by atoms with Crippen molar-refractivity contribution in [1.29, 1.82) is 0 Å². The molecule has 0 spiro atoms. The molecule has 1 aliphatic rings. The number of Topliss-reactive ketones (excluding diaryl/α,β-unsaturated/α-hetero) is 1. The molecule has 27 heavy (non-hydrogen) atoms. The lowest BCUT2D eigenvalue weighted by molar-refractivity contribution is -0.132. The van der Waals surface area contributed by atoms with Crippen LogP contribution in [-0.4, -0.2) is 56.2 Å². The third-order valence-electron chi connectivity index (χ3n) is 5.27. The van der Waals surface area contributed by atoms with Gasteiger partial charge in [-0.05, 0) is 18.7 Å². The molecule has 1 aliphatic heterocycles. The molecular weight excluding hydrogens is 345 g/mol. The zero-order chi connectivity index (χ0) is 19.0. The third-order valence-corrected chi connectivity index (χ3v) is 5.27. The van der Waals surface area contributed by atoms with Crippen molar-refractivity contribution in [3.05, 3.63) is 42.6 Å². The summed E-state index contributed by atoms with van der Waals surface area (Å²) >= 11 is 0. The predicted octanol–water partition coefficient (Wildman–Crippen LogP) is 2.58. The van der Waals surface area contributed by atoms with Crippen molar-refractivity contribution < 1.29 is 9.18 Å². The van der Waals surface area contributed by atoms with Gasteiger partial charge in [-0.1, -0.05) is 12.1 Å². The highest BCUT2D eigenvalue weighted by molar-refractivity contribution is 5.89. The Morgan fingerprint density at radius 3 is 2.67 bits per heavy atom. The van der Waals surface area contributed by atoms with Crippen LogP contribution in [0.4, 0.5) is 4.39 Å². The number of alkyl halides is 1. The number of fused-ring (bicyclic) bond motifs is 1. The molecule has 0 saturated carbocycles. The summed E-state index contributed by atoms with van der Waals surface area (Å²) in [6.45, 7) is 1.19. The number of rotatable bonds is 4. The Balaban J connectivity index is 1.58. The second-order valence-electron chi connectivity index (χ2n) is 7.33. The van der Waals surface area contributed by atoms with Gasteiger partial charge in [0.1, 0.15) is 5.82 Å². The monoisotopic (exact) mass is 367 g/mol. The molecule has 0 atom stereocenters. The molecule has 6 nitrogen and oxygen atoms in total. The van der Waals surface area contributed by atoms with Crippen molar-refractivity contribution in [3.63, 3.8) is 0 Å². The molecular formula is C20H22FN5O. The first-order valence-electron chi connectivity index (χ1n) is 9.08. The van der Waals surface area contributed by atoms with Gasteiger partial charge in [0.05, 0.1) is 18.1 Å². The Kier molecular flexibility index (Phi) is 4.47. The molecule has 1 aromatic carbocycles. The highest BCUT2D eigenvalue weighted by atomic mass is 19.1. The van der Waals surface area contributed by atoms with Crippen molar-refractivity contribution in [2.75, 3.05) is 20.1 Å². The number of nitrogens with zero attached hydrogens (tertiary/aromatic N) is 5. The minimum absolute atomic E-state index is 0.0761. The first-order valence-corrected chi connectivity index (χ1v) is 9.08. The lowest BCUT2D eigenvalue weighted by Gasteiger charge is -2.33. The van der Waals surface area contributed by atoms with Crippen LogP contribution in [0.2, 0.25) is 0 Å². The number of benzene rings is 1. The normalized spacial score (nSPS) is 17.3. The number of piperidine rings is 1. The molecule has 1 fully saturated rings. The zero-order valence-electron chi connectivity index (χ0n) is 15.5. The Morgan fingerprint density at radius 1 is 1.19 bits per heavy atom. The van der Waals surface area contributed by atoms with Gasteiger partial charge in [0.25, 0.3) is 0 Å². The Morgan fingerprint density at radius 2 is 1.96 bits per heavy atom. The van der Waals surface area contributed by atoms with Crippen molar-refractivity contribution in [2.24, 2.45) is 7.05 Å². The fourth-order valence-electron chi connectivity index (χ4n) is 3.45. The van der Waals surface area contributed by atoms with Gasteiger partial charge in [0.2, 0.25) is 0 Å². The van der Waals surface area contributed by atoms with Gasteiger partial charge in [-0.2, -0.15) is 5.10 Å². The van der Waals surface area contributed by atoms with E-state index in [9.17, 15) is 9.18 Å². The molecule has 4 rings (SSSR count). The van der Waals surface area contributed by atoms with E-state index >= 15 is 0 Å². The number of hydrogen-bond acceptors (Lipinski definition) is 5. The van der Waals surface area contributed by atoms with E-state index in [1.807, 2.05) is 43.4 Å². The molecule has 3 aromatic rings. The standard InChI is InChI=1S/C20H22FN5O/c1-25-7-5-20(21,6-8-25)18(27)10-19-22-11-15-4-3-14(9-17(15)24-19)16-12-23-26(2)13-16/h3-4,9,11-13H,5-8,10H2,1-2H3. The predicted molar refractivity (Wildman–Crippen MR) is 101 cm³/mol. The van der Waals surface area contributed by atoms with Crippen LogP contribution >= 0.6 is 0 Å². The molecule has 0 amide bonds. The summed E-state index contributed by atoms with van der Waals surface area (Å²) in [5.74, 6) is -0.0508. The van der Waals surface area contributed by atoms with Crippen LogP contribution < -0.4 is 0 Å². The first-order chi connectivity index (χ1) is 12.9. The molecule has 0 aliphatic carbocycles. The van der Waals surface area contributed by atoms with Crippen LogP contribution in [0.3, 0.4) is 0 Å². The van der Waals surface area contributed by atoms with Crippen LogP contribution in [0.1, 0.15) is 18.7 Å². The van der Waals surface area contributed by atoms with E-state index in [0.29, 0.717) is 18.9 Å². The number of aryl methyl sites for hydroxylation is 1. The summed E-state index contributed by atoms with van der Waals surface area (Å²) in [5.41, 5.74) is 0.960. The zero-order valence-corrected chi connectivity index (χ0v) is 15.5. The highest BCUT2D eigenvalue weighted by Crippen LogP contribution is 2.28. The molecule has 0 unspecified atom stereocenters. The Bertz CT molecular complexity index is 991. The number of ketones is 1. The maximum absolute atomic E-state index is 15.0. The van der Waals surface area contributed by atoms with Crippen LogP contribution in [0.25, 0.3) is 22.0 Å². The van der Waals surface area contributed by atoms with Gasteiger partial charge < -0.3 is 4.90 Å². The molecule has 0 bridgehead atoms. The number of likely N-dealkylation sites (tertiary alicyclic amines) is 1. The number of aromatic nitrogens is 4. The fraction of sp³-hybridized carbons (Fsp3) is 0.400. The summed E-state index contributed by atoms with van der Waals surface area (Å²) in [5, 5.41) is 5.07. The second kappa shape index (κ2) is 6.81. The van der Waals surface area contributed by atoms with Crippen LogP contribution in [-0.2, 0) is 18.3 Å². The summed E-state index contributed by atoms with van der Waals surface area (Å²) in [6, 6.07) is 5.88. The molecule has 0 N–H and O–H groups in total. The van der Waals surface area contributed by atoms with Crippen molar-refractivity contribution in [2.45, 2.75) is 24.9 Å². The van der Waals surface area contributed by atoms with E-state index < -0.39 is 11.5 Å². The van der Waals surface area contributed by atoms with Crippen molar-refractivity contribution in [3.8, 4) is 11.1 Å². The average Bonchev–Trinajstić information content (AvgIpc) is 3.10. The molecule has 2 aromatic heterocycles. The van der Waals surface area contributed by atoms with E-state index in [4.69, 9.17) is 0 Å². The summed E-state index contributed by atoms with van der Waals surface area (Å²) in [7, 11) is 3.81. The number of halogens is 1. The van der Waals surface area contributed by atoms with Crippen LogP contribution in [0.15, 0.2) is 36.8 Å². The summed E-state index contributed by atoms with van der Waals surface area (Å²) in [6.07, 6.45) is 5.81. The lowest BCUT2D eigenvalue weighted by Crippen LogP contribution is -2.45. The summed E-state index contributed by atoms with van der Waals surface area (Å²) < 4.78 is 16.7. The number of carbonyl (C=O) groups is 1. The smallest absolute Gasteiger partial charge is 0.177 e. The number of carbonyl (C=O) groups excluding carboxylic acids is 1. The maximum atomic E-state index is 15.0. The van der Waals surface area contributed by atoms with Crippen LogP contribution in [0, 0.1) is 0 Å². The maximum Gasteiger partial charge on any atom is 0.177 e. The van der Waals surface area contributed by atoms with E-state index in [1.165, 1.54) is 0 Å². The number of hydrogen-bond donors (Lipinski definition) is 0. The van der Waals surface area contributed by atoms with Crippen molar-refractivity contribution in [1.82, 2.24) is 24.6 Å². The van der Waals surface area contributed by atoms with Crippen molar-refractivity contribution >= 4 is 16.7 Å². The Labute approximate surface area is 157 Å². The SMILES string of the molecule is CN1CCC(F)(C(=O)Cc2ncc3ccc(-c4cnn(C)c4)cc3n2)CC1. The fourth-order valence-corrected chi connectivity index (χ4v) is 3.45. The van der Waals surface area contributed by atoms with Gasteiger partial charge in [-0.25, -0.2) is 14.4 Å². The van der Waals surface area contributed by atoms with E-state index in [1.54, 1.807) is 17.1 Å². The van der Waals surface area contributed by atoms with Gasteiger partial charge >= 0.3 is 0 Å². The molecule has 1 saturated heterocycles.